The highest BCUT2D eigenvalue weighted by atomic mass is 15.2. The van der Waals surface area contributed by atoms with Crippen molar-refractivity contribution in [1.82, 2.24) is 14.5 Å². The molecule has 0 amide bonds. The maximum Gasteiger partial charge on any atom is 0.160 e. The summed E-state index contributed by atoms with van der Waals surface area (Å²) in [7, 11) is 0. The molecule has 3 heterocycles. The molecule has 1 aliphatic rings. The van der Waals surface area contributed by atoms with Gasteiger partial charge in [-0.3, -0.25) is 0 Å². The van der Waals surface area contributed by atoms with Crippen LogP contribution in [0.25, 0.3) is 83.6 Å². The molecule has 2 aromatic heterocycles. The third-order valence-electron chi connectivity index (χ3n) is 10.9. The lowest BCUT2D eigenvalue weighted by Gasteiger charge is -2.27. The second-order valence-electron chi connectivity index (χ2n) is 14.2. The van der Waals surface area contributed by atoms with Crippen LogP contribution >= 0.6 is 0 Å². The number of aromatic nitrogens is 3. The highest BCUT2D eigenvalue weighted by Crippen LogP contribution is 2.54. The summed E-state index contributed by atoms with van der Waals surface area (Å²) in [4.78, 5) is 12.6. The molecule has 10 aromatic rings. The maximum absolute atomic E-state index is 5.14. The van der Waals surface area contributed by atoms with E-state index in [4.69, 9.17) is 9.97 Å². The molecule has 0 spiro atoms. The van der Waals surface area contributed by atoms with E-state index in [0.29, 0.717) is 5.82 Å². The average Bonchev–Trinajstić information content (AvgIpc) is 3.56. The number of anilines is 3. The van der Waals surface area contributed by atoms with E-state index in [0.717, 1.165) is 61.6 Å². The van der Waals surface area contributed by atoms with Crippen LogP contribution in [0.4, 0.5) is 17.1 Å². The number of hydrogen-bond acceptors (Lipinski definition) is 3. The van der Waals surface area contributed by atoms with E-state index in [-0.39, 0.29) is 0 Å². The van der Waals surface area contributed by atoms with Gasteiger partial charge in [-0.2, -0.15) is 0 Å². The number of para-hydroxylation sites is 5. The Morgan fingerprint density at radius 3 is 1.79 bits per heavy atom. The van der Waals surface area contributed by atoms with Gasteiger partial charge in [0, 0.05) is 50.0 Å². The van der Waals surface area contributed by atoms with Crippen LogP contribution in [-0.4, -0.2) is 14.5 Å². The molecule has 0 atom stereocenters. The zero-order chi connectivity index (χ0) is 37.0. The number of hydrogen-bond donors (Lipinski definition) is 0. The first-order valence-electron chi connectivity index (χ1n) is 19.0. The van der Waals surface area contributed by atoms with Crippen LogP contribution in [0.3, 0.4) is 0 Å². The first kappa shape index (κ1) is 31.9. The monoisotopic (exact) mass is 714 g/mol. The molecular formula is C52H34N4. The van der Waals surface area contributed by atoms with Gasteiger partial charge < -0.3 is 9.47 Å². The fraction of sp³-hybridized carbons (Fsp3) is 0. The lowest BCUT2D eigenvalue weighted by Crippen LogP contribution is -2.11. The Bertz CT molecular complexity index is 3070. The number of fused-ring (bicyclic) bond motifs is 8. The molecule has 0 saturated carbocycles. The quantitative estimate of drug-likeness (QED) is 0.178. The first-order valence-corrected chi connectivity index (χ1v) is 19.0. The third-order valence-corrected chi connectivity index (χ3v) is 10.9. The Morgan fingerprint density at radius 1 is 0.375 bits per heavy atom. The average molecular weight is 715 g/mol. The van der Waals surface area contributed by atoms with Crippen molar-refractivity contribution in [1.29, 1.82) is 0 Å². The van der Waals surface area contributed by atoms with Crippen LogP contribution in [0.2, 0.25) is 0 Å². The van der Waals surface area contributed by atoms with Crippen molar-refractivity contribution in [2.45, 2.75) is 0 Å². The molecule has 0 bridgehead atoms. The summed E-state index contributed by atoms with van der Waals surface area (Å²) < 4.78 is 2.43. The smallest absolute Gasteiger partial charge is 0.160 e. The van der Waals surface area contributed by atoms with Crippen LogP contribution in [0.5, 0.6) is 0 Å². The van der Waals surface area contributed by atoms with Crippen molar-refractivity contribution in [3.8, 4) is 61.8 Å². The number of benzene rings is 8. The second kappa shape index (κ2) is 13.1. The fourth-order valence-corrected chi connectivity index (χ4v) is 8.43. The van der Waals surface area contributed by atoms with Gasteiger partial charge in [0.2, 0.25) is 0 Å². The van der Waals surface area contributed by atoms with Gasteiger partial charge in [0.25, 0.3) is 0 Å². The number of rotatable bonds is 5. The van der Waals surface area contributed by atoms with Crippen LogP contribution < -0.4 is 4.90 Å². The van der Waals surface area contributed by atoms with E-state index in [2.05, 4.69) is 198 Å². The lowest BCUT2D eigenvalue weighted by molar-refractivity contribution is 1.13. The minimum Gasteiger partial charge on any atom is -0.309 e. The van der Waals surface area contributed by atoms with Gasteiger partial charge in [0.15, 0.2) is 5.82 Å². The minimum absolute atomic E-state index is 0.713. The Balaban J connectivity index is 1.03. The highest BCUT2D eigenvalue weighted by Gasteiger charge is 2.31. The predicted octanol–water partition coefficient (Wildman–Crippen LogP) is 13.7. The zero-order valence-corrected chi connectivity index (χ0v) is 30.4. The molecule has 0 radical (unpaired) electrons. The molecule has 4 heteroatoms. The summed E-state index contributed by atoms with van der Waals surface area (Å²) in [6, 6.07) is 73.3. The van der Waals surface area contributed by atoms with Crippen LogP contribution in [0.15, 0.2) is 206 Å². The van der Waals surface area contributed by atoms with Crippen LogP contribution in [0, 0.1) is 0 Å². The summed E-state index contributed by atoms with van der Waals surface area (Å²) in [5.41, 5.74) is 16.7. The first-order chi connectivity index (χ1) is 27.8. The van der Waals surface area contributed by atoms with Gasteiger partial charge in [-0.25, -0.2) is 9.97 Å². The Morgan fingerprint density at radius 2 is 0.982 bits per heavy atom. The van der Waals surface area contributed by atoms with E-state index >= 15 is 0 Å². The minimum atomic E-state index is 0.713. The molecule has 4 nitrogen and oxygen atoms in total. The largest absolute Gasteiger partial charge is 0.309 e. The summed E-state index contributed by atoms with van der Waals surface area (Å²) >= 11 is 0. The van der Waals surface area contributed by atoms with E-state index in [1.54, 1.807) is 0 Å². The topological polar surface area (TPSA) is 34.0 Å². The molecule has 0 aliphatic carbocycles. The summed E-state index contributed by atoms with van der Waals surface area (Å²) in [5.74, 6) is 0.713. The number of nitrogens with zero attached hydrogens (tertiary/aromatic N) is 4. The fourth-order valence-electron chi connectivity index (χ4n) is 8.43. The Hall–Kier alpha value is -7.56. The van der Waals surface area contributed by atoms with E-state index in [1.165, 1.54) is 33.3 Å². The van der Waals surface area contributed by atoms with E-state index < -0.39 is 0 Å². The lowest BCUT2D eigenvalue weighted by atomic mass is 9.98. The predicted molar refractivity (Wildman–Crippen MR) is 232 cm³/mol. The molecule has 0 fully saturated rings. The molecule has 56 heavy (non-hydrogen) atoms. The van der Waals surface area contributed by atoms with Crippen LogP contribution in [0.1, 0.15) is 0 Å². The Labute approximate surface area is 325 Å². The van der Waals surface area contributed by atoms with E-state index in [1.807, 2.05) is 18.2 Å². The third kappa shape index (κ3) is 5.15. The molecule has 0 N–H and O–H groups in total. The van der Waals surface area contributed by atoms with Crippen molar-refractivity contribution in [3.63, 3.8) is 0 Å². The van der Waals surface area contributed by atoms with Crippen molar-refractivity contribution >= 4 is 38.9 Å². The van der Waals surface area contributed by atoms with Gasteiger partial charge >= 0.3 is 0 Å². The van der Waals surface area contributed by atoms with Gasteiger partial charge in [0.1, 0.15) is 0 Å². The molecule has 11 rings (SSSR count). The zero-order valence-electron chi connectivity index (χ0n) is 30.4. The van der Waals surface area contributed by atoms with Crippen molar-refractivity contribution in [2.24, 2.45) is 0 Å². The van der Waals surface area contributed by atoms with Gasteiger partial charge in [0.05, 0.1) is 33.8 Å². The summed E-state index contributed by atoms with van der Waals surface area (Å²) in [5, 5.41) is 2.28. The highest BCUT2D eigenvalue weighted by molar-refractivity contribution is 6.13. The van der Waals surface area contributed by atoms with Gasteiger partial charge in [-0.05, 0) is 65.7 Å². The standard InChI is InChI=1S/C52H34N4/c1-3-16-36(17-4-1)50-41-22-7-11-26-45(41)53-52(54-50)38-19-15-18-37(34-38)35-30-32-40(33-31-35)55-46-27-12-8-23-42(46)49-43-24-9-13-28-47(43)56(39-20-5-2-6-21-39)51(49)44-25-10-14-29-48(44)55/h1-34H. The summed E-state index contributed by atoms with van der Waals surface area (Å²) in [6.07, 6.45) is 0. The van der Waals surface area contributed by atoms with E-state index in [9.17, 15) is 0 Å². The molecule has 1 aliphatic heterocycles. The summed E-state index contributed by atoms with van der Waals surface area (Å²) in [6.45, 7) is 0. The molecular weight excluding hydrogens is 681 g/mol. The Kier molecular flexibility index (Phi) is 7.46. The molecule has 0 unspecified atom stereocenters. The van der Waals surface area contributed by atoms with Crippen molar-refractivity contribution in [3.05, 3.63) is 206 Å². The molecule has 8 aromatic carbocycles. The van der Waals surface area contributed by atoms with Gasteiger partial charge in [-0.1, -0.05) is 152 Å². The van der Waals surface area contributed by atoms with Gasteiger partial charge in [-0.15, -0.1) is 0 Å². The SMILES string of the molecule is c1ccc(-c2nc(-c3cccc(-c4ccc(N5c6ccccc6-c6c(n(-c7ccccc7)c7ccccc67)-c6ccccc65)cc4)c3)nc3ccccc23)cc1. The molecule has 0 saturated heterocycles. The molecule has 262 valence electrons. The second-order valence-corrected chi connectivity index (χ2v) is 14.2. The van der Waals surface area contributed by atoms with Crippen molar-refractivity contribution in [2.75, 3.05) is 4.90 Å². The normalized spacial score (nSPS) is 11.9. The maximum atomic E-state index is 5.14. The van der Waals surface area contributed by atoms with Crippen LogP contribution in [-0.2, 0) is 0 Å². The van der Waals surface area contributed by atoms with Crippen molar-refractivity contribution < 1.29 is 0 Å².